The van der Waals surface area contributed by atoms with E-state index in [4.69, 9.17) is 16.3 Å². The summed E-state index contributed by atoms with van der Waals surface area (Å²) in [4.78, 5) is 8.06. The molecule has 1 atom stereocenters. The topological polar surface area (TPSA) is 34.0 Å². The Morgan fingerprint density at radius 1 is 1.23 bits per heavy atom. The molecule has 0 heterocycles. The molecule has 1 unspecified atom stereocenters. The molecule has 0 bridgehead atoms. The largest absolute Gasteiger partial charge is 0.489 e. The third kappa shape index (κ3) is 8.74. The van der Waals surface area contributed by atoms with E-state index >= 15 is 0 Å². The van der Waals surface area contributed by atoms with E-state index in [9.17, 15) is 13.2 Å². The highest BCUT2D eigenvalue weighted by atomic mass is 35.5. The van der Waals surface area contributed by atoms with Crippen LogP contribution in [0.2, 0.25) is 0 Å². The van der Waals surface area contributed by atoms with Gasteiger partial charge in [0.1, 0.15) is 23.2 Å². The number of rotatable bonds is 10. The van der Waals surface area contributed by atoms with Gasteiger partial charge < -0.3 is 4.74 Å². The molecule has 0 aliphatic heterocycles. The molecule has 0 amide bonds. The van der Waals surface area contributed by atoms with Gasteiger partial charge in [0, 0.05) is 11.8 Å². The summed E-state index contributed by atoms with van der Waals surface area (Å²) in [6, 6.07) is 7.16. The molecule has 1 rings (SSSR count). The predicted molar refractivity (Wildman–Crippen MR) is 124 cm³/mol. The number of hydrogen-bond acceptors (Lipinski definition) is 3. The van der Waals surface area contributed by atoms with Gasteiger partial charge in [-0.1, -0.05) is 69.3 Å². The van der Waals surface area contributed by atoms with Crippen LogP contribution in [-0.2, 0) is 11.3 Å². The maximum atomic E-state index is 13.2. The highest BCUT2D eigenvalue weighted by Gasteiger charge is 2.33. The quantitative estimate of drug-likeness (QED) is 0.200. The Labute approximate surface area is 188 Å². The average molecular weight is 455 g/mol. The van der Waals surface area contributed by atoms with Crippen LogP contribution in [0, 0.1) is 5.92 Å². The van der Waals surface area contributed by atoms with Crippen molar-refractivity contribution in [2.75, 3.05) is 0 Å². The molecular weight excluding hydrogens is 425 g/mol. The molecule has 3 nitrogen and oxygen atoms in total. The zero-order valence-electron chi connectivity index (χ0n) is 18.7. The lowest BCUT2D eigenvalue weighted by atomic mass is 9.95. The molecule has 0 spiro atoms. The Kier molecular flexibility index (Phi) is 10.8. The van der Waals surface area contributed by atoms with Crippen LogP contribution in [0.25, 0.3) is 0 Å². The second-order valence-electron chi connectivity index (χ2n) is 7.06. The van der Waals surface area contributed by atoms with E-state index in [1.807, 2.05) is 39.8 Å². The molecule has 31 heavy (non-hydrogen) atoms. The molecule has 7 heteroatoms. The van der Waals surface area contributed by atoms with Crippen LogP contribution in [0.1, 0.15) is 58.6 Å². The number of benzene rings is 1. The van der Waals surface area contributed by atoms with Crippen LogP contribution in [0.3, 0.4) is 0 Å². The number of halogens is 4. The summed E-state index contributed by atoms with van der Waals surface area (Å²) >= 11 is 5.88. The summed E-state index contributed by atoms with van der Waals surface area (Å²) in [7, 11) is 0. The molecule has 1 aromatic rings. The lowest BCUT2D eigenvalue weighted by Gasteiger charge is -2.16. The smallest absolute Gasteiger partial charge is 0.433 e. The number of hydrogen-bond donors (Lipinski definition) is 0. The summed E-state index contributed by atoms with van der Waals surface area (Å²) < 4.78 is 45.2. The van der Waals surface area contributed by atoms with Crippen molar-refractivity contribution in [3.63, 3.8) is 0 Å². The van der Waals surface area contributed by atoms with Crippen LogP contribution < -0.4 is 0 Å². The molecule has 170 valence electrons. The van der Waals surface area contributed by atoms with Gasteiger partial charge >= 0.3 is 6.18 Å². The van der Waals surface area contributed by atoms with Crippen LogP contribution >= 0.6 is 11.6 Å². The second-order valence-corrected chi connectivity index (χ2v) is 7.49. The van der Waals surface area contributed by atoms with Crippen molar-refractivity contribution in [3.8, 4) is 0 Å². The molecule has 0 radical (unpaired) electrons. The maximum Gasteiger partial charge on any atom is 0.433 e. The summed E-state index contributed by atoms with van der Waals surface area (Å²) in [5.74, 6) is 0.348. The van der Waals surface area contributed by atoms with Gasteiger partial charge in [0.05, 0.1) is 5.71 Å². The number of aliphatic imine (C=N–C) groups is 2. The van der Waals surface area contributed by atoms with Crippen molar-refractivity contribution in [2.24, 2.45) is 15.9 Å². The van der Waals surface area contributed by atoms with E-state index < -0.39 is 11.9 Å². The van der Waals surface area contributed by atoms with Gasteiger partial charge in [0.25, 0.3) is 0 Å². The Hall–Kier alpha value is -2.34. The van der Waals surface area contributed by atoms with Gasteiger partial charge in [-0.3, -0.25) is 0 Å². The minimum absolute atomic E-state index is 0.123. The summed E-state index contributed by atoms with van der Waals surface area (Å²) in [5, 5.41) is 0.494. The van der Waals surface area contributed by atoms with E-state index in [0.29, 0.717) is 35.0 Å². The fourth-order valence-corrected chi connectivity index (χ4v) is 2.51. The number of allylic oxidation sites excluding steroid dienone is 3. The van der Waals surface area contributed by atoms with Crippen molar-refractivity contribution >= 4 is 22.5 Å². The maximum absolute atomic E-state index is 13.2. The molecule has 0 aromatic heterocycles. The van der Waals surface area contributed by atoms with Gasteiger partial charge in [0.15, 0.2) is 0 Å². The van der Waals surface area contributed by atoms with Crippen molar-refractivity contribution in [2.45, 2.75) is 60.2 Å². The first-order valence-electron chi connectivity index (χ1n) is 10.2. The van der Waals surface area contributed by atoms with E-state index in [-0.39, 0.29) is 12.5 Å². The molecule has 0 N–H and O–H groups in total. The van der Waals surface area contributed by atoms with E-state index in [2.05, 4.69) is 16.6 Å². The van der Waals surface area contributed by atoms with Crippen molar-refractivity contribution in [1.82, 2.24) is 0 Å². The summed E-state index contributed by atoms with van der Waals surface area (Å²) in [6.07, 6.45) is -0.576. The fourth-order valence-electron chi connectivity index (χ4n) is 2.46. The number of alkyl halides is 3. The normalized spacial score (nSPS) is 15.1. The average Bonchev–Trinajstić information content (AvgIpc) is 2.75. The third-order valence-corrected chi connectivity index (χ3v) is 5.04. The van der Waals surface area contributed by atoms with Crippen LogP contribution in [0.15, 0.2) is 70.1 Å². The van der Waals surface area contributed by atoms with Crippen molar-refractivity contribution in [3.05, 3.63) is 71.3 Å². The standard InChI is InChI=1S/C24H30ClF3N2O/c1-7-16(4)23(30-21(8-2)24(26,27)28)20-12-10-19(11-13-20)15-31-18(6)17(5)14-29-22(25)9-3/h8,10-14,16H,6-7,9,15H2,1-5H3/b17-14-,21-8-,29-22?,30-23?. The number of ether oxygens (including phenoxy) is 1. The Balaban J connectivity index is 2.99. The molecule has 0 saturated heterocycles. The second kappa shape index (κ2) is 12.5. The number of nitrogens with zero attached hydrogens (tertiary/aromatic N) is 2. The molecule has 0 aliphatic rings. The van der Waals surface area contributed by atoms with Gasteiger partial charge in [-0.15, -0.1) is 0 Å². The van der Waals surface area contributed by atoms with Crippen molar-refractivity contribution < 1.29 is 17.9 Å². The summed E-state index contributed by atoms with van der Waals surface area (Å²) in [5.41, 5.74) is 1.79. The first kappa shape index (κ1) is 26.7. The first-order valence-corrected chi connectivity index (χ1v) is 10.5. The van der Waals surface area contributed by atoms with Crippen LogP contribution in [-0.4, -0.2) is 17.1 Å². The Morgan fingerprint density at radius 3 is 2.32 bits per heavy atom. The SMILES string of the molecule is C=C(OCc1ccc(C(=N/C(=C\C)C(F)(F)F)C(C)CC)cc1)/C(C)=C\N=C(Cl)CC. The van der Waals surface area contributed by atoms with Gasteiger partial charge in [0.2, 0.25) is 0 Å². The first-order chi connectivity index (χ1) is 14.5. The van der Waals surface area contributed by atoms with Crippen LogP contribution in [0.5, 0.6) is 0 Å². The minimum atomic E-state index is -4.49. The monoisotopic (exact) mass is 454 g/mol. The fraction of sp³-hybridized carbons (Fsp3) is 0.417. The third-order valence-electron chi connectivity index (χ3n) is 4.68. The molecule has 1 aromatic carbocycles. The van der Waals surface area contributed by atoms with Gasteiger partial charge in [-0.25, -0.2) is 9.98 Å². The molecule has 0 aliphatic carbocycles. The van der Waals surface area contributed by atoms with Crippen molar-refractivity contribution in [1.29, 1.82) is 0 Å². The minimum Gasteiger partial charge on any atom is -0.489 e. The molecule has 0 fully saturated rings. The zero-order chi connectivity index (χ0) is 23.6. The highest BCUT2D eigenvalue weighted by Crippen LogP contribution is 2.28. The Morgan fingerprint density at radius 2 is 1.84 bits per heavy atom. The summed E-state index contributed by atoms with van der Waals surface area (Å²) in [6.45, 7) is 13.0. The molecular formula is C24H30ClF3N2O. The van der Waals surface area contributed by atoms with Gasteiger partial charge in [-0.05, 0) is 43.7 Å². The Bertz CT molecular complexity index is 866. The van der Waals surface area contributed by atoms with Gasteiger partial charge in [-0.2, -0.15) is 13.2 Å². The van der Waals surface area contributed by atoms with E-state index in [0.717, 1.165) is 17.2 Å². The van der Waals surface area contributed by atoms with Crippen LogP contribution in [0.4, 0.5) is 13.2 Å². The zero-order valence-corrected chi connectivity index (χ0v) is 19.4. The lowest BCUT2D eigenvalue weighted by Crippen LogP contribution is -2.17. The predicted octanol–water partition coefficient (Wildman–Crippen LogP) is 7.97. The lowest BCUT2D eigenvalue weighted by molar-refractivity contribution is -0.0924. The highest BCUT2D eigenvalue weighted by molar-refractivity contribution is 6.65. The van der Waals surface area contributed by atoms with E-state index in [1.165, 1.54) is 6.92 Å². The van der Waals surface area contributed by atoms with E-state index in [1.54, 1.807) is 18.3 Å². The molecule has 0 saturated carbocycles.